The van der Waals surface area contributed by atoms with Crippen molar-refractivity contribution in [1.29, 1.82) is 0 Å². The maximum atomic E-state index is 12.5. The number of likely N-dealkylation sites (tertiary alicyclic amines) is 1. The van der Waals surface area contributed by atoms with E-state index in [2.05, 4.69) is 4.98 Å². The van der Waals surface area contributed by atoms with Gasteiger partial charge in [0.05, 0.1) is 18.9 Å². The van der Waals surface area contributed by atoms with E-state index in [1.54, 1.807) is 17.2 Å². The average Bonchev–Trinajstić information content (AvgIpc) is 3.17. The fourth-order valence-electron chi connectivity index (χ4n) is 2.53. The Labute approximate surface area is 120 Å². The van der Waals surface area contributed by atoms with Gasteiger partial charge in [0, 0.05) is 11.4 Å². The van der Waals surface area contributed by atoms with Gasteiger partial charge in [0.25, 0.3) is 5.91 Å². The Morgan fingerprint density at radius 1 is 1.65 bits per heavy atom. The molecule has 2 aromatic rings. The fraction of sp³-hybridized carbons (Fsp3) is 0.429. The number of carbonyl (C=O) groups is 1. The van der Waals surface area contributed by atoms with Crippen LogP contribution in [0.4, 0.5) is 0 Å². The second-order valence-corrected chi connectivity index (χ2v) is 6.08. The highest BCUT2D eigenvalue weighted by atomic mass is 32.1. The first-order chi connectivity index (χ1) is 9.70. The van der Waals surface area contributed by atoms with Crippen molar-refractivity contribution in [3.63, 3.8) is 0 Å². The molecule has 20 heavy (non-hydrogen) atoms. The number of aliphatic hydroxyl groups is 1. The number of furan rings is 1. The van der Waals surface area contributed by atoms with E-state index in [4.69, 9.17) is 4.42 Å². The van der Waals surface area contributed by atoms with Gasteiger partial charge in [-0.15, -0.1) is 11.3 Å². The Bertz CT molecular complexity index is 606. The first-order valence-electron chi connectivity index (χ1n) is 6.64. The van der Waals surface area contributed by atoms with Crippen LogP contribution < -0.4 is 0 Å². The number of aliphatic hydroxyl groups excluding tert-OH is 1. The standard InChI is InChI=1S/C14H16N2O3S/c1-9-12(14(18)16-6-2-4-10(16)8-17)15-13(20-9)11-5-3-7-19-11/h3,5,7,10,17H,2,4,6,8H2,1H3/t10-/m1/s1. The average molecular weight is 292 g/mol. The molecule has 1 N–H and O–H groups in total. The fourth-order valence-corrected chi connectivity index (χ4v) is 3.40. The Hall–Kier alpha value is -1.66. The third-order valence-electron chi connectivity index (χ3n) is 3.58. The predicted octanol–water partition coefficient (Wildman–Crippen LogP) is 2.31. The van der Waals surface area contributed by atoms with Crippen molar-refractivity contribution >= 4 is 17.2 Å². The minimum absolute atomic E-state index is 0.0139. The highest BCUT2D eigenvalue weighted by Gasteiger charge is 2.31. The number of hydrogen-bond donors (Lipinski definition) is 1. The maximum absolute atomic E-state index is 12.5. The zero-order valence-electron chi connectivity index (χ0n) is 11.2. The van der Waals surface area contributed by atoms with Crippen molar-refractivity contribution in [3.05, 3.63) is 29.0 Å². The number of rotatable bonds is 3. The minimum Gasteiger partial charge on any atom is -0.462 e. The van der Waals surface area contributed by atoms with Crippen molar-refractivity contribution in [3.8, 4) is 10.8 Å². The molecule has 0 unspecified atom stereocenters. The number of amides is 1. The molecule has 1 amide bonds. The molecule has 1 atom stereocenters. The van der Waals surface area contributed by atoms with Crippen molar-refractivity contribution < 1.29 is 14.3 Å². The summed E-state index contributed by atoms with van der Waals surface area (Å²) in [5.41, 5.74) is 0.474. The van der Waals surface area contributed by atoms with Crippen LogP contribution >= 0.6 is 11.3 Å². The molecular weight excluding hydrogens is 276 g/mol. The van der Waals surface area contributed by atoms with Crippen molar-refractivity contribution in [2.45, 2.75) is 25.8 Å². The van der Waals surface area contributed by atoms with Crippen LogP contribution in [0.25, 0.3) is 10.8 Å². The number of thiazole rings is 1. The van der Waals surface area contributed by atoms with Crippen molar-refractivity contribution in [1.82, 2.24) is 9.88 Å². The molecule has 1 aliphatic rings. The van der Waals surface area contributed by atoms with E-state index < -0.39 is 0 Å². The molecule has 0 spiro atoms. The van der Waals surface area contributed by atoms with E-state index in [0.29, 0.717) is 18.0 Å². The molecule has 1 aliphatic heterocycles. The maximum Gasteiger partial charge on any atom is 0.273 e. The number of aromatic nitrogens is 1. The summed E-state index contributed by atoms with van der Waals surface area (Å²) in [5.74, 6) is 0.588. The molecule has 2 aromatic heterocycles. The lowest BCUT2D eigenvalue weighted by Crippen LogP contribution is -2.38. The van der Waals surface area contributed by atoms with Gasteiger partial charge in [0.1, 0.15) is 5.69 Å². The summed E-state index contributed by atoms with van der Waals surface area (Å²) in [6.45, 7) is 2.60. The highest BCUT2D eigenvalue weighted by Crippen LogP contribution is 2.29. The van der Waals surface area contributed by atoms with Crippen molar-refractivity contribution in [2.24, 2.45) is 0 Å². The predicted molar refractivity (Wildman–Crippen MR) is 75.7 cm³/mol. The Kier molecular flexibility index (Phi) is 3.58. The second-order valence-electron chi connectivity index (χ2n) is 4.88. The molecule has 0 bridgehead atoms. The lowest BCUT2D eigenvalue weighted by Gasteiger charge is -2.22. The Morgan fingerprint density at radius 2 is 2.50 bits per heavy atom. The SMILES string of the molecule is Cc1sc(-c2ccco2)nc1C(=O)N1CCC[C@@H]1CO. The summed E-state index contributed by atoms with van der Waals surface area (Å²) >= 11 is 1.45. The molecule has 1 fully saturated rings. The van der Waals surface area contributed by atoms with Crippen LogP contribution in [0.3, 0.4) is 0 Å². The molecule has 106 valence electrons. The third kappa shape index (κ3) is 2.25. The molecule has 0 saturated carbocycles. The molecule has 3 rings (SSSR count). The third-order valence-corrected chi connectivity index (χ3v) is 4.57. The number of hydrogen-bond acceptors (Lipinski definition) is 5. The van der Waals surface area contributed by atoms with Gasteiger partial charge < -0.3 is 14.4 Å². The lowest BCUT2D eigenvalue weighted by molar-refractivity contribution is 0.0672. The van der Waals surface area contributed by atoms with Crippen molar-refractivity contribution in [2.75, 3.05) is 13.2 Å². The first kappa shape index (κ1) is 13.3. The zero-order valence-corrected chi connectivity index (χ0v) is 12.0. The van der Waals surface area contributed by atoms with Gasteiger partial charge >= 0.3 is 0 Å². The van der Waals surface area contributed by atoms with Crippen LogP contribution in [0.1, 0.15) is 28.2 Å². The molecule has 1 saturated heterocycles. The normalized spacial score (nSPS) is 18.7. The summed E-state index contributed by atoms with van der Waals surface area (Å²) in [5, 5.41) is 10.0. The van der Waals surface area contributed by atoms with Crippen LogP contribution in [0.2, 0.25) is 0 Å². The summed E-state index contributed by atoms with van der Waals surface area (Å²) in [6.07, 6.45) is 3.39. The summed E-state index contributed by atoms with van der Waals surface area (Å²) in [7, 11) is 0. The van der Waals surface area contributed by atoms with Crippen LogP contribution in [-0.4, -0.2) is 40.1 Å². The molecule has 0 aromatic carbocycles. The second kappa shape index (κ2) is 5.38. The molecule has 5 nitrogen and oxygen atoms in total. The van der Waals surface area contributed by atoms with Gasteiger partial charge in [0.15, 0.2) is 10.8 Å². The van der Waals surface area contributed by atoms with Crippen LogP contribution in [0.15, 0.2) is 22.8 Å². The molecular formula is C14H16N2O3S. The zero-order chi connectivity index (χ0) is 14.1. The van der Waals surface area contributed by atoms with Crippen LogP contribution in [0, 0.1) is 6.92 Å². The number of nitrogens with zero attached hydrogens (tertiary/aromatic N) is 2. The molecule has 6 heteroatoms. The number of carbonyl (C=O) groups excluding carboxylic acids is 1. The lowest BCUT2D eigenvalue weighted by atomic mass is 10.2. The van der Waals surface area contributed by atoms with Gasteiger partial charge in [-0.3, -0.25) is 4.79 Å². The Morgan fingerprint density at radius 3 is 3.20 bits per heavy atom. The summed E-state index contributed by atoms with van der Waals surface area (Å²) < 4.78 is 5.32. The van der Waals surface area contributed by atoms with Crippen LogP contribution in [-0.2, 0) is 0 Å². The van der Waals surface area contributed by atoms with E-state index >= 15 is 0 Å². The summed E-state index contributed by atoms with van der Waals surface area (Å²) in [4.78, 5) is 19.6. The monoisotopic (exact) mass is 292 g/mol. The van der Waals surface area contributed by atoms with E-state index in [0.717, 1.165) is 22.7 Å². The van der Waals surface area contributed by atoms with Gasteiger partial charge in [-0.05, 0) is 31.9 Å². The largest absolute Gasteiger partial charge is 0.462 e. The highest BCUT2D eigenvalue weighted by molar-refractivity contribution is 7.15. The number of aryl methyl sites for hydroxylation is 1. The minimum atomic E-state index is -0.0897. The van der Waals surface area contributed by atoms with Crippen LogP contribution in [0.5, 0.6) is 0 Å². The topological polar surface area (TPSA) is 66.6 Å². The molecule has 0 aliphatic carbocycles. The molecule has 3 heterocycles. The quantitative estimate of drug-likeness (QED) is 0.942. The smallest absolute Gasteiger partial charge is 0.273 e. The van der Waals surface area contributed by atoms with E-state index in [1.807, 2.05) is 13.0 Å². The molecule has 0 radical (unpaired) electrons. The Balaban J connectivity index is 1.89. The van der Waals surface area contributed by atoms with Gasteiger partial charge in [-0.25, -0.2) is 4.98 Å². The first-order valence-corrected chi connectivity index (χ1v) is 7.45. The van der Waals surface area contributed by atoms with Gasteiger partial charge in [0.2, 0.25) is 0 Å². The van der Waals surface area contributed by atoms with Gasteiger partial charge in [-0.1, -0.05) is 0 Å². The van der Waals surface area contributed by atoms with E-state index in [1.165, 1.54) is 11.3 Å². The summed E-state index contributed by atoms with van der Waals surface area (Å²) in [6, 6.07) is 3.56. The van der Waals surface area contributed by atoms with E-state index in [9.17, 15) is 9.90 Å². The van der Waals surface area contributed by atoms with Gasteiger partial charge in [-0.2, -0.15) is 0 Å². The van der Waals surface area contributed by atoms with E-state index in [-0.39, 0.29) is 18.6 Å².